The van der Waals surface area contributed by atoms with Gasteiger partial charge in [0.05, 0.1) is 12.5 Å². The first kappa shape index (κ1) is 18.7. The predicted octanol–water partition coefficient (Wildman–Crippen LogP) is 2.79. The molecule has 0 radical (unpaired) electrons. The zero-order valence-electron chi connectivity index (χ0n) is 16.0. The SMILES string of the molecule is CCc1ccc(NC(=O)COc2cccc([C@H]3CC(=O)Nc4ncnn43)c2)cc1. The number of ether oxygens (including phenoxy) is 1. The van der Waals surface area contributed by atoms with Crippen LogP contribution in [0.2, 0.25) is 0 Å². The smallest absolute Gasteiger partial charge is 0.262 e. The summed E-state index contributed by atoms with van der Waals surface area (Å²) in [5.41, 5.74) is 2.80. The average molecular weight is 391 g/mol. The van der Waals surface area contributed by atoms with Crippen molar-refractivity contribution in [2.45, 2.75) is 25.8 Å². The summed E-state index contributed by atoms with van der Waals surface area (Å²) >= 11 is 0. The first-order chi connectivity index (χ1) is 14.1. The van der Waals surface area contributed by atoms with Crippen LogP contribution in [0.3, 0.4) is 0 Å². The fraction of sp³-hybridized carbons (Fsp3) is 0.238. The van der Waals surface area contributed by atoms with Crippen molar-refractivity contribution in [1.82, 2.24) is 14.8 Å². The third kappa shape index (κ3) is 4.26. The van der Waals surface area contributed by atoms with Crippen molar-refractivity contribution >= 4 is 23.5 Å². The van der Waals surface area contributed by atoms with Crippen LogP contribution in [0.25, 0.3) is 0 Å². The van der Waals surface area contributed by atoms with Crippen LogP contribution in [-0.2, 0) is 16.0 Å². The highest BCUT2D eigenvalue weighted by atomic mass is 16.5. The number of fused-ring (bicyclic) bond motifs is 1. The number of hydrogen-bond donors (Lipinski definition) is 2. The molecule has 1 aromatic heterocycles. The van der Waals surface area contributed by atoms with E-state index in [9.17, 15) is 9.59 Å². The van der Waals surface area contributed by atoms with Gasteiger partial charge in [-0.15, -0.1) is 0 Å². The first-order valence-electron chi connectivity index (χ1n) is 9.43. The van der Waals surface area contributed by atoms with Crippen molar-refractivity contribution in [3.63, 3.8) is 0 Å². The first-order valence-corrected chi connectivity index (χ1v) is 9.43. The number of rotatable bonds is 6. The molecular formula is C21H21N5O3. The molecule has 148 valence electrons. The van der Waals surface area contributed by atoms with Gasteiger partial charge in [0.2, 0.25) is 11.9 Å². The zero-order chi connectivity index (χ0) is 20.2. The van der Waals surface area contributed by atoms with Crippen LogP contribution in [0.1, 0.15) is 30.5 Å². The Hall–Kier alpha value is -3.68. The van der Waals surface area contributed by atoms with E-state index in [1.807, 2.05) is 42.5 Å². The molecule has 8 nitrogen and oxygen atoms in total. The third-order valence-electron chi connectivity index (χ3n) is 4.76. The molecule has 0 spiro atoms. The number of hydrogen-bond acceptors (Lipinski definition) is 5. The summed E-state index contributed by atoms with van der Waals surface area (Å²) in [5, 5.41) is 9.71. The van der Waals surface area contributed by atoms with E-state index in [2.05, 4.69) is 27.6 Å². The van der Waals surface area contributed by atoms with E-state index in [0.29, 0.717) is 11.7 Å². The number of carbonyl (C=O) groups is 2. The summed E-state index contributed by atoms with van der Waals surface area (Å²) < 4.78 is 7.33. The highest BCUT2D eigenvalue weighted by Crippen LogP contribution is 2.30. The van der Waals surface area contributed by atoms with Gasteiger partial charge in [0.15, 0.2) is 6.61 Å². The third-order valence-corrected chi connectivity index (χ3v) is 4.76. The van der Waals surface area contributed by atoms with Gasteiger partial charge in [0.25, 0.3) is 5.91 Å². The van der Waals surface area contributed by atoms with Gasteiger partial charge < -0.3 is 10.1 Å². The van der Waals surface area contributed by atoms with E-state index in [0.717, 1.165) is 17.7 Å². The molecule has 0 saturated heterocycles. The van der Waals surface area contributed by atoms with Crippen molar-refractivity contribution < 1.29 is 14.3 Å². The molecule has 2 heterocycles. The van der Waals surface area contributed by atoms with Crippen LogP contribution in [-0.4, -0.2) is 33.2 Å². The minimum atomic E-state index is -0.268. The summed E-state index contributed by atoms with van der Waals surface area (Å²) in [4.78, 5) is 28.2. The maximum Gasteiger partial charge on any atom is 0.262 e. The molecule has 0 unspecified atom stereocenters. The molecule has 1 aliphatic rings. The Labute approximate surface area is 167 Å². The van der Waals surface area contributed by atoms with E-state index < -0.39 is 0 Å². The van der Waals surface area contributed by atoms with Gasteiger partial charge in [-0.2, -0.15) is 10.1 Å². The normalized spacial score (nSPS) is 15.3. The standard InChI is InChI=1S/C21H21N5O3/c1-2-14-6-8-16(9-7-14)24-20(28)12-29-17-5-3-4-15(10-17)18-11-19(27)25-21-22-13-23-26(18)21/h3-10,13,18H,2,11-12H2,1H3,(H,24,28)(H,22,23,25,27)/t18-/m1/s1. The lowest BCUT2D eigenvalue weighted by molar-refractivity contribution is -0.118. The quantitative estimate of drug-likeness (QED) is 0.673. The van der Waals surface area contributed by atoms with Crippen LogP contribution < -0.4 is 15.4 Å². The van der Waals surface area contributed by atoms with Gasteiger partial charge in [-0.25, -0.2) is 4.68 Å². The number of nitrogens with one attached hydrogen (secondary N) is 2. The number of nitrogens with zero attached hydrogens (tertiary/aromatic N) is 3. The van der Waals surface area contributed by atoms with E-state index in [1.54, 1.807) is 10.7 Å². The molecule has 0 aliphatic carbocycles. The van der Waals surface area contributed by atoms with Crippen LogP contribution in [0, 0.1) is 0 Å². The molecular weight excluding hydrogens is 370 g/mol. The second kappa shape index (κ2) is 8.14. The number of amides is 2. The molecule has 0 fully saturated rings. The zero-order valence-corrected chi connectivity index (χ0v) is 16.0. The lowest BCUT2D eigenvalue weighted by Gasteiger charge is -2.24. The molecule has 0 saturated carbocycles. The van der Waals surface area contributed by atoms with Crippen LogP contribution >= 0.6 is 0 Å². The van der Waals surface area contributed by atoms with Gasteiger partial charge in [-0.05, 0) is 41.8 Å². The monoisotopic (exact) mass is 391 g/mol. The van der Waals surface area contributed by atoms with Crippen molar-refractivity contribution in [2.75, 3.05) is 17.2 Å². The number of anilines is 2. The molecule has 1 aliphatic heterocycles. The van der Waals surface area contributed by atoms with Crippen LogP contribution in [0.4, 0.5) is 11.6 Å². The largest absolute Gasteiger partial charge is 0.484 e. The second-order valence-corrected chi connectivity index (χ2v) is 6.76. The van der Waals surface area contributed by atoms with Crippen molar-refractivity contribution in [3.8, 4) is 5.75 Å². The lowest BCUT2D eigenvalue weighted by Crippen LogP contribution is -2.29. The Morgan fingerprint density at radius 3 is 2.90 bits per heavy atom. The predicted molar refractivity (Wildman–Crippen MR) is 108 cm³/mol. The summed E-state index contributed by atoms with van der Waals surface area (Å²) in [5.74, 6) is 0.614. The van der Waals surface area contributed by atoms with Gasteiger partial charge >= 0.3 is 0 Å². The Morgan fingerprint density at radius 2 is 2.10 bits per heavy atom. The van der Waals surface area contributed by atoms with Gasteiger partial charge in [-0.1, -0.05) is 31.2 Å². The average Bonchev–Trinajstić information content (AvgIpc) is 3.21. The summed E-state index contributed by atoms with van der Waals surface area (Å²) in [7, 11) is 0. The van der Waals surface area contributed by atoms with Crippen LogP contribution in [0.5, 0.6) is 5.75 Å². The fourth-order valence-corrected chi connectivity index (χ4v) is 3.25. The van der Waals surface area contributed by atoms with Crippen molar-refractivity contribution in [2.24, 2.45) is 0 Å². The lowest BCUT2D eigenvalue weighted by atomic mass is 10.0. The molecule has 0 bridgehead atoms. The van der Waals surface area contributed by atoms with Gasteiger partial charge in [0, 0.05) is 5.69 Å². The Morgan fingerprint density at radius 1 is 1.28 bits per heavy atom. The Bertz CT molecular complexity index is 1030. The van der Waals surface area contributed by atoms with E-state index in [1.165, 1.54) is 11.9 Å². The molecule has 3 aromatic rings. The summed E-state index contributed by atoms with van der Waals surface area (Å²) in [6.45, 7) is 1.97. The number of benzene rings is 2. The Kier molecular flexibility index (Phi) is 5.24. The van der Waals surface area contributed by atoms with E-state index in [-0.39, 0.29) is 30.9 Å². The minimum Gasteiger partial charge on any atom is -0.484 e. The molecule has 2 N–H and O–H groups in total. The Balaban J connectivity index is 1.40. The van der Waals surface area contributed by atoms with Crippen LogP contribution in [0.15, 0.2) is 54.9 Å². The summed E-state index contributed by atoms with van der Waals surface area (Å²) in [6.07, 6.45) is 2.62. The maximum atomic E-state index is 12.2. The van der Waals surface area contributed by atoms with Gasteiger partial charge in [0.1, 0.15) is 12.1 Å². The molecule has 4 rings (SSSR count). The molecule has 1 atom stereocenters. The maximum absolute atomic E-state index is 12.2. The molecule has 2 amide bonds. The number of aryl methyl sites for hydroxylation is 1. The molecule has 2 aromatic carbocycles. The summed E-state index contributed by atoms with van der Waals surface area (Å²) in [6, 6.07) is 14.8. The van der Waals surface area contributed by atoms with Crippen molar-refractivity contribution in [1.29, 1.82) is 0 Å². The number of aromatic nitrogens is 3. The van der Waals surface area contributed by atoms with Gasteiger partial charge in [-0.3, -0.25) is 14.9 Å². The topological polar surface area (TPSA) is 98.1 Å². The fourth-order valence-electron chi connectivity index (χ4n) is 3.25. The molecule has 29 heavy (non-hydrogen) atoms. The van der Waals surface area contributed by atoms with E-state index >= 15 is 0 Å². The van der Waals surface area contributed by atoms with E-state index in [4.69, 9.17) is 4.74 Å². The minimum absolute atomic E-state index is 0.112. The highest BCUT2D eigenvalue weighted by Gasteiger charge is 2.27. The number of carbonyl (C=O) groups excluding carboxylic acids is 2. The second-order valence-electron chi connectivity index (χ2n) is 6.76. The highest BCUT2D eigenvalue weighted by molar-refractivity contribution is 5.92. The van der Waals surface area contributed by atoms with Crippen molar-refractivity contribution in [3.05, 3.63) is 66.0 Å². The molecule has 8 heteroatoms.